The van der Waals surface area contributed by atoms with E-state index in [4.69, 9.17) is 5.11 Å². The van der Waals surface area contributed by atoms with Gasteiger partial charge in [-0.25, -0.2) is 4.79 Å². The molecular formula is C7H16ClNO2. The van der Waals surface area contributed by atoms with Crippen molar-refractivity contribution in [2.75, 3.05) is 28.2 Å². The average Bonchev–Trinajstić information content (AvgIpc) is 1.61. The number of aliphatic carboxylic acids is 1. The summed E-state index contributed by atoms with van der Waals surface area (Å²) in [5, 5.41) is 7.60. The zero-order valence-electron chi connectivity index (χ0n) is 7.47. The first-order valence-electron chi connectivity index (χ1n) is 2.91. The number of quaternary nitrogens is 1. The molecule has 68 valence electrons. The van der Waals surface area contributed by atoms with Crippen LogP contribution < -0.4 is 12.4 Å². The maximum Gasteiger partial charge on any atom is 0.327 e. The molecule has 0 fully saturated rings. The molecule has 0 rings (SSSR count). The summed E-state index contributed by atoms with van der Waals surface area (Å²) in [5.41, 5.74) is 0. The monoisotopic (exact) mass is 181 g/mol. The molecule has 0 bridgehead atoms. The molecular weight excluding hydrogens is 166 g/mol. The Morgan fingerprint density at radius 3 is 1.45 bits per heavy atom. The van der Waals surface area contributed by atoms with Gasteiger partial charge >= 0.3 is 5.97 Å². The van der Waals surface area contributed by atoms with E-state index in [2.05, 4.69) is 34.8 Å². The van der Waals surface area contributed by atoms with E-state index in [1.165, 1.54) is 0 Å². The molecule has 11 heavy (non-hydrogen) atoms. The van der Waals surface area contributed by atoms with Crippen molar-refractivity contribution in [3.05, 3.63) is 12.7 Å². The van der Waals surface area contributed by atoms with E-state index >= 15 is 0 Å². The zero-order valence-corrected chi connectivity index (χ0v) is 8.22. The molecule has 0 aliphatic carbocycles. The lowest BCUT2D eigenvalue weighted by Gasteiger charge is -2.14. The van der Waals surface area contributed by atoms with Crippen LogP contribution >= 0.6 is 0 Å². The second-order valence-electron chi connectivity index (χ2n) is 3.23. The molecule has 0 aromatic rings. The van der Waals surface area contributed by atoms with E-state index in [9.17, 15) is 4.79 Å². The largest absolute Gasteiger partial charge is 1.00 e. The van der Waals surface area contributed by atoms with E-state index in [1.54, 1.807) is 0 Å². The summed E-state index contributed by atoms with van der Waals surface area (Å²) in [4.78, 5) is 9.25. The molecule has 4 heteroatoms. The van der Waals surface area contributed by atoms with Gasteiger partial charge in [0.25, 0.3) is 0 Å². The molecule has 1 N–H and O–H groups in total. The summed E-state index contributed by atoms with van der Waals surface area (Å²) in [6, 6.07) is 0. The standard InChI is InChI=1S/C4H12N.C3H4O2.ClH/c1-5(2,3)4;1-2-3(4)5;/h1-4H3;2H,1H2,(H,4,5);1H/q+1;;/p-1. The molecule has 0 atom stereocenters. The third kappa shape index (κ3) is 247. The minimum Gasteiger partial charge on any atom is -1.00 e. The molecule has 0 spiro atoms. The summed E-state index contributed by atoms with van der Waals surface area (Å²) < 4.78 is 1.00. The fourth-order valence-corrected chi connectivity index (χ4v) is 0. The van der Waals surface area contributed by atoms with Crippen molar-refractivity contribution in [3.8, 4) is 0 Å². The molecule has 0 aliphatic rings. The van der Waals surface area contributed by atoms with E-state index in [-0.39, 0.29) is 12.4 Å². The van der Waals surface area contributed by atoms with Crippen LogP contribution in [0.2, 0.25) is 0 Å². The van der Waals surface area contributed by atoms with Gasteiger partial charge in [-0.05, 0) is 0 Å². The van der Waals surface area contributed by atoms with Crippen LogP contribution in [0.4, 0.5) is 0 Å². The van der Waals surface area contributed by atoms with Gasteiger partial charge in [0.05, 0.1) is 28.2 Å². The Balaban J connectivity index is -0.000000107. The molecule has 0 aromatic carbocycles. The average molecular weight is 182 g/mol. The summed E-state index contributed by atoms with van der Waals surface area (Å²) in [6.07, 6.45) is 0.833. The van der Waals surface area contributed by atoms with Gasteiger partial charge < -0.3 is 22.0 Å². The van der Waals surface area contributed by atoms with Crippen LogP contribution in [0, 0.1) is 0 Å². The molecule has 0 unspecified atom stereocenters. The molecule has 3 nitrogen and oxygen atoms in total. The Hall–Kier alpha value is -0.540. The van der Waals surface area contributed by atoms with Gasteiger partial charge in [-0.3, -0.25) is 0 Å². The maximum absolute atomic E-state index is 9.25. The lowest BCUT2D eigenvalue weighted by molar-refractivity contribution is -0.849. The lowest BCUT2D eigenvalue weighted by atomic mass is 10.7. The van der Waals surface area contributed by atoms with E-state index < -0.39 is 5.97 Å². The Morgan fingerprint density at radius 1 is 1.36 bits per heavy atom. The highest BCUT2D eigenvalue weighted by atomic mass is 35.5. The third-order valence-electron chi connectivity index (χ3n) is 0.175. The van der Waals surface area contributed by atoms with E-state index in [1.807, 2.05) is 0 Å². The second kappa shape index (κ2) is 7.57. The number of nitrogens with zero attached hydrogens (tertiary/aromatic N) is 1. The number of hydrogen-bond acceptors (Lipinski definition) is 1. The number of halogens is 1. The first kappa shape index (κ1) is 16.8. The summed E-state index contributed by atoms with van der Waals surface area (Å²) in [6.45, 7) is 2.96. The van der Waals surface area contributed by atoms with Gasteiger partial charge in [-0.1, -0.05) is 6.58 Å². The highest BCUT2D eigenvalue weighted by molar-refractivity contribution is 5.78. The van der Waals surface area contributed by atoms with Gasteiger partial charge in [0.1, 0.15) is 0 Å². The predicted octanol–water partition coefficient (Wildman–Crippen LogP) is -2.42. The lowest BCUT2D eigenvalue weighted by Crippen LogP contribution is -3.00. The first-order valence-corrected chi connectivity index (χ1v) is 2.91. The maximum atomic E-state index is 9.25. The topological polar surface area (TPSA) is 37.3 Å². The summed E-state index contributed by atoms with van der Waals surface area (Å²) >= 11 is 0. The Labute approximate surface area is 74.3 Å². The van der Waals surface area contributed by atoms with Crippen molar-refractivity contribution < 1.29 is 26.8 Å². The fourth-order valence-electron chi connectivity index (χ4n) is 0. The van der Waals surface area contributed by atoms with Crippen molar-refractivity contribution in [1.29, 1.82) is 0 Å². The van der Waals surface area contributed by atoms with Crippen molar-refractivity contribution in [3.63, 3.8) is 0 Å². The fraction of sp³-hybridized carbons (Fsp3) is 0.571. The van der Waals surface area contributed by atoms with Gasteiger partial charge in [-0.2, -0.15) is 0 Å². The van der Waals surface area contributed by atoms with Crippen molar-refractivity contribution in [2.24, 2.45) is 0 Å². The van der Waals surface area contributed by atoms with Crippen molar-refractivity contribution >= 4 is 5.97 Å². The van der Waals surface area contributed by atoms with Crippen molar-refractivity contribution in [2.45, 2.75) is 0 Å². The molecule has 0 amide bonds. The highest BCUT2D eigenvalue weighted by Crippen LogP contribution is 1.73. The van der Waals surface area contributed by atoms with Gasteiger partial charge in [-0.15, -0.1) is 0 Å². The number of carboxylic acid groups (broad SMARTS) is 1. The summed E-state index contributed by atoms with van der Waals surface area (Å²) in [5.74, 6) is -0.981. The normalized spacial score (nSPS) is 8.36. The highest BCUT2D eigenvalue weighted by Gasteiger charge is 1.88. The van der Waals surface area contributed by atoms with Gasteiger partial charge in [0.15, 0.2) is 0 Å². The van der Waals surface area contributed by atoms with Crippen LogP contribution in [0.15, 0.2) is 12.7 Å². The smallest absolute Gasteiger partial charge is 0.327 e. The number of carbonyl (C=O) groups is 1. The minimum atomic E-state index is -0.981. The number of carboxylic acids is 1. The van der Waals surface area contributed by atoms with E-state index in [0.29, 0.717) is 0 Å². The number of rotatable bonds is 1. The van der Waals surface area contributed by atoms with Crippen LogP contribution in [0.3, 0.4) is 0 Å². The Kier molecular flexibility index (Phi) is 11.6. The first-order chi connectivity index (χ1) is 4.27. The van der Waals surface area contributed by atoms with Crippen LogP contribution in [0.25, 0.3) is 0 Å². The van der Waals surface area contributed by atoms with Crippen LogP contribution in [0.1, 0.15) is 0 Å². The van der Waals surface area contributed by atoms with Crippen LogP contribution in [-0.2, 0) is 4.79 Å². The van der Waals surface area contributed by atoms with Gasteiger partial charge in [0.2, 0.25) is 0 Å². The SMILES string of the molecule is C=CC(=O)O.C[N+](C)(C)C.[Cl-]. The zero-order chi connectivity index (χ0) is 8.78. The van der Waals surface area contributed by atoms with E-state index in [0.717, 1.165) is 10.6 Å². The van der Waals surface area contributed by atoms with Crippen molar-refractivity contribution in [1.82, 2.24) is 0 Å². The molecule has 0 saturated heterocycles. The Morgan fingerprint density at radius 2 is 1.45 bits per heavy atom. The number of hydrogen-bond donors (Lipinski definition) is 1. The van der Waals surface area contributed by atoms with Gasteiger partial charge in [0, 0.05) is 6.08 Å². The molecule has 0 aliphatic heterocycles. The molecule has 0 saturated carbocycles. The van der Waals surface area contributed by atoms with Crippen LogP contribution in [-0.4, -0.2) is 43.7 Å². The predicted molar refractivity (Wildman–Crippen MR) is 41.8 cm³/mol. The molecule has 0 aromatic heterocycles. The van der Waals surface area contributed by atoms with Crippen LogP contribution in [0.5, 0.6) is 0 Å². The second-order valence-corrected chi connectivity index (χ2v) is 3.23. The quantitative estimate of drug-likeness (QED) is 0.361. The molecule has 0 heterocycles. The Bertz CT molecular complexity index is 112. The third-order valence-corrected chi connectivity index (χ3v) is 0.175. The summed E-state index contributed by atoms with van der Waals surface area (Å²) in [7, 11) is 8.50. The minimum absolute atomic E-state index is 0. The molecule has 0 radical (unpaired) electrons.